The molecule has 0 radical (unpaired) electrons. The van der Waals surface area contributed by atoms with Crippen LogP contribution in [-0.4, -0.2) is 17.8 Å². The number of aliphatic hydroxyl groups is 1. The van der Waals surface area contributed by atoms with Crippen molar-refractivity contribution in [1.29, 1.82) is 0 Å². The third-order valence-electron chi connectivity index (χ3n) is 2.00. The van der Waals surface area contributed by atoms with E-state index in [-0.39, 0.29) is 12.6 Å². The van der Waals surface area contributed by atoms with Crippen molar-refractivity contribution in [2.75, 3.05) is 6.61 Å². The van der Waals surface area contributed by atoms with Crippen molar-refractivity contribution in [3.63, 3.8) is 0 Å². The van der Waals surface area contributed by atoms with Crippen molar-refractivity contribution in [2.24, 2.45) is 17.6 Å². The van der Waals surface area contributed by atoms with Gasteiger partial charge in [-0.15, -0.1) is 0 Å². The van der Waals surface area contributed by atoms with Gasteiger partial charge in [0, 0.05) is 12.6 Å². The lowest BCUT2D eigenvalue weighted by Crippen LogP contribution is -2.23. The summed E-state index contributed by atoms with van der Waals surface area (Å²) in [5, 5.41) is 8.78. The zero-order valence-electron chi connectivity index (χ0n) is 7.17. The molecular weight excluding hydrogens is 126 g/mol. The summed E-state index contributed by atoms with van der Waals surface area (Å²) in [7, 11) is 0. The van der Waals surface area contributed by atoms with Gasteiger partial charge in [0.1, 0.15) is 0 Å². The Labute approximate surface area is 63.4 Å². The van der Waals surface area contributed by atoms with Crippen molar-refractivity contribution in [3.8, 4) is 0 Å². The molecule has 2 nitrogen and oxygen atoms in total. The van der Waals surface area contributed by atoms with Crippen LogP contribution in [0.3, 0.4) is 0 Å². The molecule has 0 aromatic carbocycles. The molecule has 0 aliphatic heterocycles. The normalized spacial score (nSPS) is 20.1. The lowest BCUT2D eigenvalue weighted by atomic mass is 9.91. The summed E-state index contributed by atoms with van der Waals surface area (Å²) >= 11 is 0. The lowest BCUT2D eigenvalue weighted by Gasteiger charge is -2.18. The highest BCUT2D eigenvalue weighted by Gasteiger charge is 2.11. The third-order valence-corrected chi connectivity index (χ3v) is 2.00. The summed E-state index contributed by atoms with van der Waals surface area (Å²) in [6.07, 6.45) is 1.00. The minimum absolute atomic E-state index is 0.254. The Morgan fingerprint density at radius 1 is 1.20 bits per heavy atom. The minimum Gasteiger partial charge on any atom is -0.396 e. The molecule has 0 fully saturated rings. The van der Waals surface area contributed by atoms with E-state index in [4.69, 9.17) is 10.8 Å². The van der Waals surface area contributed by atoms with Gasteiger partial charge >= 0.3 is 0 Å². The molecule has 0 saturated carbocycles. The Morgan fingerprint density at radius 3 is 2.00 bits per heavy atom. The fourth-order valence-electron chi connectivity index (χ4n) is 0.999. The fourth-order valence-corrected chi connectivity index (χ4v) is 0.999. The van der Waals surface area contributed by atoms with Crippen LogP contribution >= 0.6 is 0 Å². The van der Waals surface area contributed by atoms with E-state index in [9.17, 15) is 0 Å². The molecule has 3 unspecified atom stereocenters. The van der Waals surface area contributed by atoms with Crippen LogP contribution in [0.5, 0.6) is 0 Å². The van der Waals surface area contributed by atoms with Crippen molar-refractivity contribution in [3.05, 3.63) is 0 Å². The highest BCUT2D eigenvalue weighted by atomic mass is 16.3. The van der Waals surface area contributed by atoms with Crippen molar-refractivity contribution >= 4 is 0 Å². The Morgan fingerprint density at radius 2 is 1.70 bits per heavy atom. The van der Waals surface area contributed by atoms with E-state index in [0.717, 1.165) is 6.42 Å². The number of nitrogens with two attached hydrogens (primary N) is 1. The van der Waals surface area contributed by atoms with Gasteiger partial charge in [-0.05, 0) is 25.2 Å². The van der Waals surface area contributed by atoms with Gasteiger partial charge in [0.2, 0.25) is 0 Å². The molecule has 0 aromatic heterocycles. The van der Waals surface area contributed by atoms with E-state index in [1.807, 2.05) is 13.8 Å². The molecule has 0 rings (SSSR count). The van der Waals surface area contributed by atoms with Gasteiger partial charge in [0.05, 0.1) is 0 Å². The topological polar surface area (TPSA) is 46.2 Å². The molecule has 2 heteroatoms. The zero-order chi connectivity index (χ0) is 8.15. The van der Waals surface area contributed by atoms with Gasteiger partial charge in [0.15, 0.2) is 0 Å². The second kappa shape index (κ2) is 4.69. The second-order valence-electron chi connectivity index (χ2n) is 3.35. The van der Waals surface area contributed by atoms with Crippen molar-refractivity contribution in [1.82, 2.24) is 0 Å². The molecule has 10 heavy (non-hydrogen) atoms. The molecule has 0 aliphatic rings. The molecule has 0 saturated heterocycles. The predicted molar refractivity (Wildman–Crippen MR) is 43.7 cm³/mol. The zero-order valence-corrected chi connectivity index (χ0v) is 7.17. The smallest absolute Gasteiger partial charge is 0.0459 e. The van der Waals surface area contributed by atoms with Gasteiger partial charge < -0.3 is 10.8 Å². The summed E-state index contributed by atoms with van der Waals surface area (Å²) in [6, 6.07) is 0.254. The Bertz CT molecular complexity index is 83.3. The van der Waals surface area contributed by atoms with E-state index in [1.54, 1.807) is 0 Å². The van der Waals surface area contributed by atoms with E-state index < -0.39 is 0 Å². The van der Waals surface area contributed by atoms with Crippen LogP contribution in [0.1, 0.15) is 27.2 Å². The summed E-state index contributed by atoms with van der Waals surface area (Å²) in [5.74, 6) is 0.913. The van der Waals surface area contributed by atoms with Crippen LogP contribution in [-0.2, 0) is 0 Å². The van der Waals surface area contributed by atoms with Crippen LogP contribution in [0.4, 0.5) is 0 Å². The molecule has 3 atom stereocenters. The van der Waals surface area contributed by atoms with Gasteiger partial charge in [-0.25, -0.2) is 0 Å². The molecule has 0 bridgehead atoms. The maximum absolute atomic E-state index is 8.78. The quantitative estimate of drug-likeness (QED) is 0.619. The first-order valence-electron chi connectivity index (χ1n) is 3.94. The SMILES string of the molecule is CC(N)CC(C)C(C)CO. The second-order valence-corrected chi connectivity index (χ2v) is 3.35. The van der Waals surface area contributed by atoms with E-state index in [1.165, 1.54) is 0 Å². The monoisotopic (exact) mass is 145 g/mol. The van der Waals surface area contributed by atoms with Gasteiger partial charge in [0.25, 0.3) is 0 Å². The summed E-state index contributed by atoms with van der Waals surface area (Å²) < 4.78 is 0. The highest BCUT2D eigenvalue weighted by Crippen LogP contribution is 2.14. The number of aliphatic hydroxyl groups excluding tert-OH is 1. The molecule has 0 heterocycles. The minimum atomic E-state index is 0.254. The van der Waals surface area contributed by atoms with Gasteiger partial charge in [-0.2, -0.15) is 0 Å². The highest BCUT2D eigenvalue weighted by molar-refractivity contribution is 4.65. The van der Waals surface area contributed by atoms with Crippen LogP contribution in [0.25, 0.3) is 0 Å². The van der Waals surface area contributed by atoms with Crippen molar-refractivity contribution in [2.45, 2.75) is 33.2 Å². The number of hydrogen-bond donors (Lipinski definition) is 2. The Balaban J connectivity index is 3.50. The third kappa shape index (κ3) is 3.85. The molecule has 62 valence electrons. The summed E-state index contributed by atoms with van der Waals surface area (Å²) in [5.41, 5.74) is 5.60. The van der Waals surface area contributed by atoms with Gasteiger partial charge in [-0.3, -0.25) is 0 Å². The van der Waals surface area contributed by atoms with Crippen LogP contribution in [0, 0.1) is 11.8 Å². The predicted octanol–water partition coefficient (Wildman–Crippen LogP) is 0.988. The Kier molecular flexibility index (Phi) is 4.65. The lowest BCUT2D eigenvalue weighted by molar-refractivity contribution is 0.187. The average Bonchev–Trinajstić information content (AvgIpc) is 1.85. The van der Waals surface area contributed by atoms with Gasteiger partial charge in [-0.1, -0.05) is 13.8 Å². The van der Waals surface area contributed by atoms with E-state index in [0.29, 0.717) is 11.8 Å². The first kappa shape index (κ1) is 9.92. The van der Waals surface area contributed by atoms with Crippen LogP contribution < -0.4 is 5.73 Å². The summed E-state index contributed by atoms with van der Waals surface area (Å²) in [4.78, 5) is 0. The van der Waals surface area contributed by atoms with Crippen molar-refractivity contribution < 1.29 is 5.11 Å². The van der Waals surface area contributed by atoms with Crippen LogP contribution in [0.15, 0.2) is 0 Å². The average molecular weight is 145 g/mol. The standard InChI is InChI=1S/C8H19NO/c1-6(4-8(3)9)7(2)5-10/h6-8,10H,4-5,9H2,1-3H3. The number of hydrogen-bond acceptors (Lipinski definition) is 2. The largest absolute Gasteiger partial charge is 0.396 e. The Hall–Kier alpha value is -0.0800. The molecule has 0 spiro atoms. The van der Waals surface area contributed by atoms with E-state index >= 15 is 0 Å². The van der Waals surface area contributed by atoms with E-state index in [2.05, 4.69) is 6.92 Å². The van der Waals surface area contributed by atoms with Crippen LogP contribution in [0.2, 0.25) is 0 Å². The fraction of sp³-hybridized carbons (Fsp3) is 1.00. The summed E-state index contributed by atoms with van der Waals surface area (Å²) in [6.45, 7) is 6.45. The number of rotatable bonds is 4. The molecular formula is C8H19NO. The molecule has 0 aromatic rings. The molecule has 3 N–H and O–H groups in total. The first-order chi connectivity index (χ1) is 4.57. The first-order valence-corrected chi connectivity index (χ1v) is 3.94. The maximum atomic E-state index is 8.78. The maximum Gasteiger partial charge on any atom is 0.0459 e. The molecule has 0 amide bonds. The molecule has 0 aliphatic carbocycles.